The van der Waals surface area contributed by atoms with Gasteiger partial charge in [0.2, 0.25) is 0 Å². The summed E-state index contributed by atoms with van der Waals surface area (Å²) in [5, 5.41) is 3.41. The van der Waals surface area contributed by atoms with E-state index < -0.39 is 0 Å². The molecule has 1 saturated heterocycles. The van der Waals surface area contributed by atoms with E-state index >= 15 is 0 Å². The predicted molar refractivity (Wildman–Crippen MR) is 68.1 cm³/mol. The SMILES string of the molecule is CCCC1(Cc2ccc(Br)cc2)CNC1. The maximum atomic E-state index is 3.47. The zero-order valence-corrected chi connectivity index (χ0v) is 10.8. The van der Waals surface area contributed by atoms with Crippen molar-refractivity contribution in [3.05, 3.63) is 34.3 Å². The van der Waals surface area contributed by atoms with Gasteiger partial charge in [0.05, 0.1) is 0 Å². The Morgan fingerprint density at radius 3 is 2.40 bits per heavy atom. The first-order valence-corrected chi connectivity index (χ1v) is 6.49. The number of benzene rings is 1. The molecule has 1 aromatic carbocycles. The molecular formula is C13H18BrN. The summed E-state index contributed by atoms with van der Waals surface area (Å²) in [7, 11) is 0. The molecule has 0 aliphatic carbocycles. The van der Waals surface area contributed by atoms with E-state index in [1.54, 1.807) is 0 Å². The summed E-state index contributed by atoms with van der Waals surface area (Å²) in [6.45, 7) is 4.66. The summed E-state index contributed by atoms with van der Waals surface area (Å²) in [6.07, 6.45) is 3.86. The quantitative estimate of drug-likeness (QED) is 0.882. The van der Waals surface area contributed by atoms with Gasteiger partial charge in [0.15, 0.2) is 0 Å². The van der Waals surface area contributed by atoms with Gasteiger partial charge < -0.3 is 5.32 Å². The maximum absolute atomic E-state index is 3.47. The lowest BCUT2D eigenvalue weighted by Crippen LogP contribution is -2.54. The Balaban J connectivity index is 2.03. The van der Waals surface area contributed by atoms with Gasteiger partial charge in [0.1, 0.15) is 0 Å². The van der Waals surface area contributed by atoms with Crippen LogP contribution in [0.25, 0.3) is 0 Å². The van der Waals surface area contributed by atoms with Crippen molar-refractivity contribution in [2.75, 3.05) is 13.1 Å². The molecule has 0 radical (unpaired) electrons. The van der Waals surface area contributed by atoms with Crippen molar-refractivity contribution in [3.63, 3.8) is 0 Å². The van der Waals surface area contributed by atoms with Gasteiger partial charge in [-0.3, -0.25) is 0 Å². The molecule has 0 aromatic heterocycles. The maximum Gasteiger partial charge on any atom is 0.0175 e. The van der Waals surface area contributed by atoms with Gasteiger partial charge in [-0.05, 0) is 36.0 Å². The van der Waals surface area contributed by atoms with Crippen LogP contribution in [0, 0.1) is 5.41 Å². The van der Waals surface area contributed by atoms with Gasteiger partial charge in [0, 0.05) is 17.6 Å². The highest BCUT2D eigenvalue weighted by molar-refractivity contribution is 9.10. The molecule has 0 amide bonds. The lowest BCUT2D eigenvalue weighted by molar-refractivity contribution is 0.151. The van der Waals surface area contributed by atoms with Gasteiger partial charge in [-0.1, -0.05) is 41.4 Å². The average molecular weight is 268 g/mol. The molecule has 1 nitrogen and oxygen atoms in total. The molecule has 1 heterocycles. The van der Waals surface area contributed by atoms with Crippen molar-refractivity contribution in [2.45, 2.75) is 26.2 Å². The van der Waals surface area contributed by atoms with Crippen molar-refractivity contribution < 1.29 is 0 Å². The van der Waals surface area contributed by atoms with Crippen molar-refractivity contribution in [3.8, 4) is 0 Å². The molecule has 2 heteroatoms. The van der Waals surface area contributed by atoms with Crippen LogP contribution >= 0.6 is 15.9 Å². The van der Waals surface area contributed by atoms with Crippen LogP contribution in [0.4, 0.5) is 0 Å². The average Bonchev–Trinajstić information content (AvgIpc) is 2.18. The largest absolute Gasteiger partial charge is 0.316 e. The molecule has 82 valence electrons. The number of nitrogens with one attached hydrogen (secondary N) is 1. The van der Waals surface area contributed by atoms with Gasteiger partial charge in [-0.15, -0.1) is 0 Å². The molecule has 1 N–H and O–H groups in total. The Labute approximate surface area is 100 Å². The molecule has 0 bridgehead atoms. The van der Waals surface area contributed by atoms with Crippen molar-refractivity contribution >= 4 is 15.9 Å². The van der Waals surface area contributed by atoms with E-state index in [0.717, 1.165) is 0 Å². The molecule has 1 aromatic rings. The summed E-state index contributed by atoms with van der Waals surface area (Å²) < 4.78 is 1.17. The van der Waals surface area contributed by atoms with Crippen molar-refractivity contribution in [1.82, 2.24) is 5.32 Å². The third-order valence-electron chi connectivity index (χ3n) is 3.27. The highest BCUT2D eigenvalue weighted by Crippen LogP contribution is 2.32. The lowest BCUT2D eigenvalue weighted by Gasteiger charge is -2.43. The Morgan fingerprint density at radius 2 is 1.93 bits per heavy atom. The Bertz CT molecular complexity index is 314. The Hall–Kier alpha value is -0.340. The molecule has 1 aliphatic rings. The van der Waals surface area contributed by atoms with Crippen molar-refractivity contribution in [2.24, 2.45) is 5.41 Å². The fourth-order valence-electron chi connectivity index (χ4n) is 2.43. The monoisotopic (exact) mass is 267 g/mol. The van der Waals surface area contributed by atoms with E-state index in [0.29, 0.717) is 5.41 Å². The fraction of sp³-hybridized carbons (Fsp3) is 0.538. The molecule has 15 heavy (non-hydrogen) atoms. The summed E-state index contributed by atoms with van der Waals surface area (Å²) in [5.41, 5.74) is 2.01. The second-order valence-electron chi connectivity index (χ2n) is 4.66. The van der Waals surface area contributed by atoms with Crippen LogP contribution in [0.15, 0.2) is 28.7 Å². The van der Waals surface area contributed by atoms with Crippen LogP contribution in [-0.4, -0.2) is 13.1 Å². The first-order valence-electron chi connectivity index (χ1n) is 5.69. The van der Waals surface area contributed by atoms with Crippen LogP contribution in [-0.2, 0) is 6.42 Å². The highest BCUT2D eigenvalue weighted by atomic mass is 79.9. The standard InChI is InChI=1S/C13H18BrN/c1-2-7-13(9-15-10-13)8-11-3-5-12(14)6-4-11/h3-6,15H,2,7-10H2,1H3. The first kappa shape index (κ1) is 11.2. The number of rotatable bonds is 4. The zero-order chi connectivity index (χ0) is 10.7. The minimum atomic E-state index is 0.544. The van der Waals surface area contributed by atoms with Gasteiger partial charge in [-0.25, -0.2) is 0 Å². The van der Waals surface area contributed by atoms with E-state index in [2.05, 4.69) is 52.4 Å². The van der Waals surface area contributed by atoms with E-state index in [1.165, 1.54) is 42.4 Å². The minimum absolute atomic E-state index is 0.544. The predicted octanol–water partition coefficient (Wildman–Crippen LogP) is 3.38. The normalized spacial score (nSPS) is 18.5. The number of hydrogen-bond donors (Lipinski definition) is 1. The van der Waals surface area contributed by atoms with Crippen LogP contribution < -0.4 is 5.32 Å². The third-order valence-corrected chi connectivity index (χ3v) is 3.80. The lowest BCUT2D eigenvalue weighted by atomic mass is 9.73. The van der Waals surface area contributed by atoms with Gasteiger partial charge in [0.25, 0.3) is 0 Å². The Morgan fingerprint density at radius 1 is 1.27 bits per heavy atom. The number of hydrogen-bond acceptors (Lipinski definition) is 1. The topological polar surface area (TPSA) is 12.0 Å². The summed E-state index contributed by atoms with van der Waals surface area (Å²) in [5.74, 6) is 0. The van der Waals surface area contributed by atoms with E-state index in [1.807, 2.05) is 0 Å². The number of halogens is 1. The van der Waals surface area contributed by atoms with Crippen LogP contribution in [0.3, 0.4) is 0 Å². The fourth-order valence-corrected chi connectivity index (χ4v) is 2.70. The van der Waals surface area contributed by atoms with E-state index in [4.69, 9.17) is 0 Å². The van der Waals surface area contributed by atoms with Crippen LogP contribution in [0.1, 0.15) is 25.3 Å². The first-order chi connectivity index (χ1) is 7.24. The summed E-state index contributed by atoms with van der Waals surface area (Å²) in [4.78, 5) is 0. The van der Waals surface area contributed by atoms with E-state index in [-0.39, 0.29) is 0 Å². The molecule has 0 unspecified atom stereocenters. The third kappa shape index (κ3) is 2.61. The van der Waals surface area contributed by atoms with E-state index in [9.17, 15) is 0 Å². The molecule has 1 aliphatic heterocycles. The summed E-state index contributed by atoms with van der Waals surface area (Å²) in [6, 6.07) is 8.75. The molecule has 0 saturated carbocycles. The Kier molecular flexibility index (Phi) is 3.47. The second-order valence-corrected chi connectivity index (χ2v) is 5.57. The van der Waals surface area contributed by atoms with Crippen molar-refractivity contribution in [1.29, 1.82) is 0 Å². The molecule has 1 fully saturated rings. The zero-order valence-electron chi connectivity index (χ0n) is 9.22. The summed E-state index contributed by atoms with van der Waals surface area (Å²) >= 11 is 3.47. The van der Waals surface area contributed by atoms with Crippen LogP contribution in [0.2, 0.25) is 0 Å². The molecule has 0 spiro atoms. The van der Waals surface area contributed by atoms with Crippen LogP contribution in [0.5, 0.6) is 0 Å². The smallest absolute Gasteiger partial charge is 0.0175 e. The molecular weight excluding hydrogens is 250 g/mol. The molecule has 2 rings (SSSR count). The molecule has 0 atom stereocenters. The minimum Gasteiger partial charge on any atom is -0.316 e. The van der Waals surface area contributed by atoms with Gasteiger partial charge in [-0.2, -0.15) is 0 Å². The highest BCUT2D eigenvalue weighted by Gasteiger charge is 2.35. The van der Waals surface area contributed by atoms with Gasteiger partial charge >= 0.3 is 0 Å². The second kappa shape index (κ2) is 4.67.